The minimum Gasteiger partial charge on any atom is -0.465 e. The Hall–Kier alpha value is -1.56. The van der Waals surface area contributed by atoms with Crippen LogP contribution in [-0.2, 0) is 4.74 Å². The van der Waals surface area contributed by atoms with Gasteiger partial charge in [0.1, 0.15) is 10.6 Å². The number of Topliss-reactive ketones (excluding diaryl/α,β-unsaturated/α-hetero) is 1. The highest BCUT2D eigenvalue weighted by atomic mass is 32.1. The van der Waals surface area contributed by atoms with E-state index in [1.54, 1.807) is 0 Å². The maximum atomic E-state index is 12.1. The summed E-state index contributed by atoms with van der Waals surface area (Å²) in [6.07, 6.45) is 3.41. The van der Waals surface area contributed by atoms with Crippen LogP contribution in [-0.4, -0.2) is 32.0 Å². The summed E-state index contributed by atoms with van der Waals surface area (Å²) in [5, 5.41) is 0.780. The van der Waals surface area contributed by atoms with Crippen LogP contribution in [0, 0.1) is 5.92 Å². The van der Waals surface area contributed by atoms with Crippen LogP contribution in [0.15, 0.2) is 0 Å². The van der Waals surface area contributed by atoms with E-state index < -0.39 is 5.97 Å². The molecule has 2 N–H and O–H groups in total. The Kier molecular flexibility index (Phi) is 4.88. The van der Waals surface area contributed by atoms with Crippen molar-refractivity contribution in [1.29, 1.82) is 0 Å². The summed E-state index contributed by atoms with van der Waals surface area (Å²) in [5.74, 6) is 0.0381. The predicted molar refractivity (Wildman–Crippen MR) is 85.3 cm³/mol. The van der Waals surface area contributed by atoms with Gasteiger partial charge in [-0.3, -0.25) is 4.79 Å². The molecule has 1 aliphatic rings. The Morgan fingerprint density at radius 1 is 1.48 bits per heavy atom. The number of ketones is 1. The third kappa shape index (κ3) is 3.05. The second kappa shape index (κ2) is 6.47. The topological polar surface area (TPSA) is 72.6 Å². The first kappa shape index (κ1) is 15.8. The number of thiophene rings is 1. The monoisotopic (exact) mass is 310 g/mol. The highest BCUT2D eigenvalue weighted by Crippen LogP contribution is 2.40. The van der Waals surface area contributed by atoms with Gasteiger partial charge in [-0.25, -0.2) is 4.79 Å². The summed E-state index contributed by atoms with van der Waals surface area (Å²) in [5.41, 5.74) is 6.63. The van der Waals surface area contributed by atoms with E-state index >= 15 is 0 Å². The average Bonchev–Trinajstić information content (AvgIpc) is 2.84. The fourth-order valence-electron chi connectivity index (χ4n) is 2.80. The van der Waals surface area contributed by atoms with Gasteiger partial charge in [-0.2, -0.15) is 0 Å². The SMILES string of the molecule is CCC1CCCN(c2sc(C(C)=O)c(N)c2C(=O)OC)C1. The lowest BCUT2D eigenvalue weighted by atomic mass is 9.95. The van der Waals surface area contributed by atoms with Crippen molar-refractivity contribution in [3.05, 3.63) is 10.4 Å². The van der Waals surface area contributed by atoms with Gasteiger partial charge in [-0.1, -0.05) is 13.3 Å². The molecule has 5 nitrogen and oxygen atoms in total. The third-order valence-corrected chi connectivity index (χ3v) is 5.39. The minimum atomic E-state index is -0.468. The summed E-state index contributed by atoms with van der Waals surface area (Å²) in [6.45, 7) is 5.44. The van der Waals surface area contributed by atoms with E-state index in [9.17, 15) is 9.59 Å². The van der Waals surface area contributed by atoms with Gasteiger partial charge in [0.15, 0.2) is 5.78 Å². The molecule has 1 atom stereocenters. The van der Waals surface area contributed by atoms with Crippen molar-refractivity contribution < 1.29 is 14.3 Å². The zero-order valence-electron chi connectivity index (χ0n) is 12.8. The summed E-state index contributed by atoms with van der Waals surface area (Å²) >= 11 is 1.31. The first-order valence-electron chi connectivity index (χ1n) is 7.26. The van der Waals surface area contributed by atoms with Crippen molar-refractivity contribution >= 4 is 33.8 Å². The molecule has 0 radical (unpaired) electrons. The number of hydrogen-bond donors (Lipinski definition) is 1. The maximum Gasteiger partial charge on any atom is 0.343 e. The molecule has 1 unspecified atom stereocenters. The van der Waals surface area contributed by atoms with Crippen LogP contribution >= 0.6 is 11.3 Å². The van der Waals surface area contributed by atoms with E-state index in [0.29, 0.717) is 16.4 Å². The summed E-state index contributed by atoms with van der Waals surface area (Å²) < 4.78 is 4.84. The molecule has 21 heavy (non-hydrogen) atoms. The minimum absolute atomic E-state index is 0.113. The number of nitrogens with two attached hydrogens (primary N) is 1. The van der Waals surface area contributed by atoms with Crippen LogP contribution < -0.4 is 10.6 Å². The lowest BCUT2D eigenvalue weighted by Crippen LogP contribution is -2.35. The first-order valence-corrected chi connectivity index (χ1v) is 8.07. The number of nitrogens with zero attached hydrogens (tertiary/aromatic N) is 1. The van der Waals surface area contributed by atoms with Crippen molar-refractivity contribution in [2.75, 3.05) is 30.8 Å². The van der Waals surface area contributed by atoms with Crippen molar-refractivity contribution in [2.24, 2.45) is 5.92 Å². The number of anilines is 2. The van der Waals surface area contributed by atoms with Gasteiger partial charge >= 0.3 is 5.97 Å². The van der Waals surface area contributed by atoms with Crippen LogP contribution in [0.2, 0.25) is 0 Å². The number of carbonyl (C=O) groups is 2. The second-order valence-corrected chi connectivity index (χ2v) is 6.43. The second-order valence-electron chi connectivity index (χ2n) is 5.44. The molecule has 1 aliphatic heterocycles. The van der Waals surface area contributed by atoms with Crippen LogP contribution in [0.25, 0.3) is 0 Å². The van der Waals surface area contributed by atoms with Gasteiger partial charge in [0.25, 0.3) is 0 Å². The molecular formula is C15H22N2O3S. The summed E-state index contributed by atoms with van der Waals surface area (Å²) in [7, 11) is 1.34. The molecule has 0 spiro atoms. The molecule has 1 aromatic heterocycles. The van der Waals surface area contributed by atoms with E-state index in [2.05, 4.69) is 11.8 Å². The number of esters is 1. The molecule has 2 rings (SSSR count). The number of hydrogen-bond acceptors (Lipinski definition) is 6. The van der Waals surface area contributed by atoms with E-state index in [1.807, 2.05) is 0 Å². The standard InChI is InChI=1S/C15H22N2O3S/c1-4-10-6-5-7-17(8-10)14-11(15(19)20-3)12(16)13(21-14)9(2)18/h10H,4-8,16H2,1-3H3. The van der Waals surface area contributed by atoms with E-state index in [4.69, 9.17) is 10.5 Å². The van der Waals surface area contributed by atoms with Crippen LogP contribution in [0.1, 0.15) is 53.1 Å². The lowest BCUT2D eigenvalue weighted by molar-refractivity contribution is 0.0603. The van der Waals surface area contributed by atoms with Gasteiger partial charge in [0.2, 0.25) is 0 Å². The zero-order valence-corrected chi connectivity index (χ0v) is 13.6. The van der Waals surface area contributed by atoms with Crippen molar-refractivity contribution in [3.8, 4) is 0 Å². The van der Waals surface area contributed by atoms with Crippen LogP contribution in [0.4, 0.5) is 10.7 Å². The Bertz CT molecular complexity index is 553. The Balaban J connectivity index is 2.44. The molecule has 0 aromatic carbocycles. The molecule has 1 fully saturated rings. The number of rotatable bonds is 4. The van der Waals surface area contributed by atoms with Gasteiger partial charge < -0.3 is 15.4 Å². The smallest absolute Gasteiger partial charge is 0.343 e. The van der Waals surface area contributed by atoms with Gasteiger partial charge in [0.05, 0.1) is 17.7 Å². The highest BCUT2D eigenvalue weighted by Gasteiger charge is 2.30. The third-order valence-electron chi connectivity index (χ3n) is 4.02. The molecular weight excluding hydrogens is 288 g/mol. The van der Waals surface area contributed by atoms with Gasteiger partial charge in [-0.15, -0.1) is 11.3 Å². The molecule has 0 aliphatic carbocycles. The predicted octanol–water partition coefficient (Wildman–Crippen LogP) is 2.95. The van der Waals surface area contributed by atoms with Crippen molar-refractivity contribution in [2.45, 2.75) is 33.1 Å². The fourth-order valence-corrected chi connectivity index (χ4v) is 3.94. The first-order chi connectivity index (χ1) is 9.99. The number of carbonyl (C=O) groups excluding carboxylic acids is 2. The van der Waals surface area contributed by atoms with Crippen LogP contribution in [0.5, 0.6) is 0 Å². The average molecular weight is 310 g/mol. The maximum absolute atomic E-state index is 12.1. The van der Waals surface area contributed by atoms with Crippen LogP contribution in [0.3, 0.4) is 0 Å². The summed E-state index contributed by atoms with van der Waals surface area (Å²) in [4.78, 5) is 26.4. The Morgan fingerprint density at radius 3 is 2.76 bits per heavy atom. The van der Waals surface area contributed by atoms with Gasteiger partial charge in [-0.05, 0) is 18.8 Å². The van der Waals surface area contributed by atoms with E-state index in [1.165, 1.54) is 31.8 Å². The zero-order chi connectivity index (χ0) is 15.6. The number of piperidine rings is 1. The molecule has 0 bridgehead atoms. The van der Waals surface area contributed by atoms with E-state index in [-0.39, 0.29) is 11.5 Å². The molecule has 116 valence electrons. The highest BCUT2D eigenvalue weighted by molar-refractivity contribution is 7.19. The Morgan fingerprint density at radius 2 is 2.19 bits per heavy atom. The summed E-state index contributed by atoms with van der Waals surface area (Å²) in [6, 6.07) is 0. The lowest BCUT2D eigenvalue weighted by Gasteiger charge is -2.33. The molecule has 0 saturated carbocycles. The fraction of sp³-hybridized carbons (Fsp3) is 0.600. The quantitative estimate of drug-likeness (QED) is 0.684. The molecule has 6 heteroatoms. The number of ether oxygens (including phenoxy) is 1. The number of methoxy groups -OCH3 is 1. The number of nitrogen functional groups attached to an aromatic ring is 1. The molecule has 1 saturated heterocycles. The van der Waals surface area contributed by atoms with Gasteiger partial charge in [0, 0.05) is 20.0 Å². The van der Waals surface area contributed by atoms with Crippen molar-refractivity contribution in [3.63, 3.8) is 0 Å². The molecule has 1 aromatic rings. The molecule has 0 amide bonds. The largest absolute Gasteiger partial charge is 0.465 e. The normalized spacial score (nSPS) is 18.6. The van der Waals surface area contributed by atoms with Crippen molar-refractivity contribution in [1.82, 2.24) is 0 Å². The Labute approximate surface area is 129 Å². The van der Waals surface area contributed by atoms with E-state index in [0.717, 1.165) is 30.9 Å². The molecule has 2 heterocycles.